The lowest BCUT2D eigenvalue weighted by Gasteiger charge is -2.40. The summed E-state index contributed by atoms with van der Waals surface area (Å²) in [5.41, 5.74) is 0.409. The Labute approximate surface area is 113 Å². The number of nitrogens with zero attached hydrogens (tertiary/aromatic N) is 1. The molecule has 0 amide bonds. The van der Waals surface area contributed by atoms with Gasteiger partial charge in [-0.05, 0) is 31.4 Å². The number of nitrogens with one attached hydrogen (secondary N) is 1. The minimum absolute atomic E-state index is 0.372. The highest BCUT2D eigenvalue weighted by Gasteiger charge is 2.33. The molecule has 4 heteroatoms. The van der Waals surface area contributed by atoms with E-state index < -0.39 is 0 Å². The number of thioether (sulfide) groups is 1. The lowest BCUT2D eigenvalue weighted by molar-refractivity contribution is 0.232. The molecule has 1 saturated heterocycles. The van der Waals surface area contributed by atoms with Gasteiger partial charge in [0.1, 0.15) is 5.01 Å². The fourth-order valence-electron chi connectivity index (χ4n) is 2.16. The van der Waals surface area contributed by atoms with Crippen LogP contribution in [0.1, 0.15) is 43.1 Å². The molecule has 1 aromatic heterocycles. The zero-order valence-electron chi connectivity index (χ0n) is 11.1. The molecule has 0 spiro atoms. The summed E-state index contributed by atoms with van der Waals surface area (Å²) in [6, 6.07) is 0.970. The summed E-state index contributed by atoms with van der Waals surface area (Å²) in [7, 11) is 0. The average molecular weight is 270 g/mol. The van der Waals surface area contributed by atoms with Crippen LogP contribution in [0.4, 0.5) is 0 Å². The van der Waals surface area contributed by atoms with E-state index in [0.717, 1.165) is 0 Å². The fourth-order valence-corrected chi connectivity index (χ4v) is 4.56. The lowest BCUT2D eigenvalue weighted by atomic mass is 9.82. The van der Waals surface area contributed by atoms with Gasteiger partial charge >= 0.3 is 0 Å². The summed E-state index contributed by atoms with van der Waals surface area (Å²) in [6.07, 6.45) is 3.28. The van der Waals surface area contributed by atoms with E-state index in [4.69, 9.17) is 0 Å². The Morgan fingerprint density at radius 1 is 1.53 bits per heavy atom. The molecular weight excluding hydrogens is 248 g/mol. The Balaban J connectivity index is 2.00. The van der Waals surface area contributed by atoms with Gasteiger partial charge in [0.05, 0.1) is 6.04 Å². The zero-order valence-corrected chi connectivity index (χ0v) is 12.8. The Morgan fingerprint density at radius 2 is 2.29 bits per heavy atom. The molecule has 0 radical (unpaired) electrons. The van der Waals surface area contributed by atoms with Gasteiger partial charge in [0, 0.05) is 22.9 Å². The van der Waals surface area contributed by atoms with Gasteiger partial charge in [0.2, 0.25) is 0 Å². The monoisotopic (exact) mass is 270 g/mol. The molecule has 0 bridgehead atoms. The van der Waals surface area contributed by atoms with E-state index >= 15 is 0 Å². The van der Waals surface area contributed by atoms with Crippen molar-refractivity contribution in [3.8, 4) is 0 Å². The van der Waals surface area contributed by atoms with E-state index in [1.165, 1.54) is 27.8 Å². The van der Waals surface area contributed by atoms with Crippen LogP contribution in [0.25, 0.3) is 0 Å². The number of aryl methyl sites for hydroxylation is 1. The van der Waals surface area contributed by atoms with Crippen LogP contribution in [0.15, 0.2) is 6.20 Å². The SMILES string of the molecule is Cc1cnc(C(C)NC2CSCCC2(C)C)s1. The Morgan fingerprint density at radius 3 is 2.88 bits per heavy atom. The smallest absolute Gasteiger partial charge is 0.109 e. The molecule has 0 aliphatic carbocycles. The summed E-state index contributed by atoms with van der Waals surface area (Å²) >= 11 is 3.87. The van der Waals surface area contributed by atoms with Crippen molar-refractivity contribution in [1.82, 2.24) is 10.3 Å². The first-order valence-corrected chi connectivity index (χ1v) is 8.22. The van der Waals surface area contributed by atoms with Crippen molar-refractivity contribution < 1.29 is 0 Å². The molecule has 96 valence electrons. The number of thiazole rings is 1. The van der Waals surface area contributed by atoms with Crippen molar-refractivity contribution in [3.05, 3.63) is 16.1 Å². The second-order valence-electron chi connectivity index (χ2n) is 5.56. The highest BCUT2D eigenvalue weighted by molar-refractivity contribution is 7.99. The summed E-state index contributed by atoms with van der Waals surface area (Å²) < 4.78 is 0. The van der Waals surface area contributed by atoms with Gasteiger partial charge in [-0.1, -0.05) is 13.8 Å². The Hall–Kier alpha value is -0.0600. The predicted molar refractivity (Wildman–Crippen MR) is 77.9 cm³/mol. The van der Waals surface area contributed by atoms with E-state index in [2.05, 4.69) is 49.8 Å². The maximum atomic E-state index is 4.48. The Bertz CT molecular complexity index is 373. The first-order chi connectivity index (χ1) is 7.99. The number of rotatable bonds is 3. The van der Waals surface area contributed by atoms with Crippen LogP contribution in [-0.2, 0) is 0 Å². The van der Waals surface area contributed by atoms with Crippen LogP contribution in [0, 0.1) is 12.3 Å². The molecule has 2 atom stereocenters. The van der Waals surface area contributed by atoms with Crippen LogP contribution in [0.3, 0.4) is 0 Å². The zero-order chi connectivity index (χ0) is 12.5. The first kappa shape index (κ1) is 13.4. The third-order valence-electron chi connectivity index (χ3n) is 3.58. The minimum Gasteiger partial charge on any atom is -0.304 e. The van der Waals surface area contributed by atoms with Crippen molar-refractivity contribution in [2.45, 2.75) is 46.2 Å². The molecule has 2 nitrogen and oxygen atoms in total. The second kappa shape index (κ2) is 5.29. The highest BCUT2D eigenvalue weighted by Crippen LogP contribution is 2.35. The minimum atomic E-state index is 0.372. The largest absolute Gasteiger partial charge is 0.304 e. The molecule has 17 heavy (non-hydrogen) atoms. The summed E-state index contributed by atoms with van der Waals surface area (Å²) in [6.45, 7) is 9.11. The van der Waals surface area contributed by atoms with E-state index in [1.54, 1.807) is 11.3 Å². The van der Waals surface area contributed by atoms with Gasteiger partial charge in [0.15, 0.2) is 0 Å². The maximum absolute atomic E-state index is 4.48. The van der Waals surface area contributed by atoms with Gasteiger partial charge in [-0.25, -0.2) is 4.98 Å². The molecule has 2 rings (SSSR count). The molecule has 1 N–H and O–H groups in total. The standard InChI is InChI=1S/C13H22N2S2/c1-9-7-14-12(17-9)10(2)15-11-8-16-6-5-13(11,3)4/h7,10-11,15H,5-6,8H2,1-4H3. The molecule has 1 aliphatic heterocycles. The summed E-state index contributed by atoms with van der Waals surface area (Å²) in [5, 5.41) is 4.98. The van der Waals surface area contributed by atoms with E-state index in [9.17, 15) is 0 Å². The van der Waals surface area contributed by atoms with Crippen LogP contribution >= 0.6 is 23.1 Å². The fraction of sp³-hybridized carbons (Fsp3) is 0.769. The number of aromatic nitrogens is 1. The molecule has 0 aromatic carbocycles. The molecule has 1 aliphatic rings. The normalized spacial score (nSPS) is 25.8. The molecular formula is C13H22N2S2. The van der Waals surface area contributed by atoms with Crippen molar-refractivity contribution in [1.29, 1.82) is 0 Å². The maximum Gasteiger partial charge on any atom is 0.109 e. The van der Waals surface area contributed by atoms with Crippen LogP contribution in [-0.4, -0.2) is 22.5 Å². The average Bonchev–Trinajstić information content (AvgIpc) is 2.68. The number of hydrogen-bond donors (Lipinski definition) is 1. The summed E-state index contributed by atoms with van der Waals surface area (Å²) in [5.74, 6) is 2.53. The summed E-state index contributed by atoms with van der Waals surface area (Å²) in [4.78, 5) is 5.78. The quantitative estimate of drug-likeness (QED) is 0.908. The third-order valence-corrected chi connectivity index (χ3v) is 5.74. The van der Waals surface area contributed by atoms with E-state index in [0.29, 0.717) is 17.5 Å². The van der Waals surface area contributed by atoms with Gasteiger partial charge < -0.3 is 5.32 Å². The predicted octanol–water partition coefficient (Wildman–Crippen LogP) is 3.63. The molecule has 1 fully saturated rings. The molecule has 1 aromatic rings. The van der Waals surface area contributed by atoms with E-state index in [1.807, 2.05) is 6.20 Å². The third kappa shape index (κ3) is 3.24. The van der Waals surface area contributed by atoms with Crippen LogP contribution < -0.4 is 5.32 Å². The lowest BCUT2D eigenvalue weighted by Crippen LogP contribution is -2.47. The number of hydrogen-bond acceptors (Lipinski definition) is 4. The second-order valence-corrected chi connectivity index (χ2v) is 7.98. The van der Waals surface area contributed by atoms with E-state index in [-0.39, 0.29) is 0 Å². The molecule has 2 unspecified atom stereocenters. The van der Waals surface area contributed by atoms with Crippen molar-refractivity contribution >= 4 is 23.1 Å². The highest BCUT2D eigenvalue weighted by atomic mass is 32.2. The molecule has 2 heterocycles. The van der Waals surface area contributed by atoms with Gasteiger partial charge in [-0.15, -0.1) is 11.3 Å². The van der Waals surface area contributed by atoms with Crippen LogP contribution in [0.2, 0.25) is 0 Å². The van der Waals surface area contributed by atoms with Crippen molar-refractivity contribution in [2.24, 2.45) is 5.41 Å². The first-order valence-electron chi connectivity index (χ1n) is 6.25. The van der Waals surface area contributed by atoms with Gasteiger partial charge in [0.25, 0.3) is 0 Å². The van der Waals surface area contributed by atoms with Crippen molar-refractivity contribution in [3.63, 3.8) is 0 Å². The van der Waals surface area contributed by atoms with Gasteiger partial charge in [-0.3, -0.25) is 0 Å². The topological polar surface area (TPSA) is 24.9 Å². The van der Waals surface area contributed by atoms with Crippen molar-refractivity contribution in [2.75, 3.05) is 11.5 Å². The van der Waals surface area contributed by atoms with Gasteiger partial charge in [-0.2, -0.15) is 11.8 Å². The van der Waals surface area contributed by atoms with Crippen LogP contribution in [0.5, 0.6) is 0 Å². The Kier molecular flexibility index (Phi) is 4.16. The molecule has 0 saturated carbocycles.